The summed E-state index contributed by atoms with van der Waals surface area (Å²) in [5.74, 6) is 0. The molecule has 16 heavy (non-hydrogen) atoms. The van der Waals surface area contributed by atoms with Gasteiger partial charge in [0.15, 0.2) is 0 Å². The van der Waals surface area contributed by atoms with E-state index in [0.29, 0.717) is 0 Å². The van der Waals surface area contributed by atoms with Gasteiger partial charge in [0, 0.05) is 29.9 Å². The average molecular weight is 287 g/mol. The lowest BCUT2D eigenvalue weighted by atomic mass is 10.2. The van der Waals surface area contributed by atoms with E-state index in [1.165, 1.54) is 5.56 Å². The van der Waals surface area contributed by atoms with Crippen molar-refractivity contribution < 1.29 is 5.11 Å². The Morgan fingerprint density at radius 3 is 2.75 bits per heavy atom. The summed E-state index contributed by atoms with van der Waals surface area (Å²) in [5.41, 5.74) is 7.82. The summed E-state index contributed by atoms with van der Waals surface area (Å²) < 4.78 is 0.939. The largest absolute Gasteiger partial charge is 0.398 e. The molecule has 0 aromatic heterocycles. The molecule has 0 radical (unpaired) electrons. The molecule has 1 aromatic carbocycles. The van der Waals surface area contributed by atoms with Gasteiger partial charge in [0.2, 0.25) is 0 Å². The number of anilines is 1. The molecule has 0 amide bonds. The van der Waals surface area contributed by atoms with Crippen molar-refractivity contribution in [1.82, 2.24) is 4.90 Å². The molecule has 4 heteroatoms. The minimum atomic E-state index is 0.249. The van der Waals surface area contributed by atoms with E-state index in [2.05, 4.69) is 33.8 Å². The quantitative estimate of drug-likeness (QED) is 0.789. The number of nitrogens with zero attached hydrogens (tertiary/aromatic N) is 1. The van der Waals surface area contributed by atoms with Gasteiger partial charge in [-0.15, -0.1) is 0 Å². The molecule has 0 bridgehead atoms. The van der Waals surface area contributed by atoms with E-state index in [0.717, 1.165) is 36.2 Å². The van der Waals surface area contributed by atoms with Crippen molar-refractivity contribution in [3.63, 3.8) is 0 Å². The Labute approximate surface area is 105 Å². The maximum atomic E-state index is 8.80. The summed E-state index contributed by atoms with van der Waals surface area (Å²) in [6.07, 6.45) is 0.819. The molecule has 90 valence electrons. The van der Waals surface area contributed by atoms with Crippen LogP contribution in [0.2, 0.25) is 0 Å². The molecule has 0 aliphatic carbocycles. The van der Waals surface area contributed by atoms with Crippen molar-refractivity contribution in [2.24, 2.45) is 0 Å². The predicted octanol–water partition coefficient (Wildman–Crippen LogP) is 2.24. The van der Waals surface area contributed by atoms with Crippen molar-refractivity contribution in [3.8, 4) is 0 Å². The molecule has 0 heterocycles. The number of aliphatic hydroxyl groups excluding tert-OH is 1. The molecule has 3 nitrogen and oxygen atoms in total. The van der Waals surface area contributed by atoms with Gasteiger partial charge in [-0.3, -0.25) is 4.90 Å². The van der Waals surface area contributed by atoms with Crippen molar-refractivity contribution in [3.05, 3.63) is 28.2 Å². The van der Waals surface area contributed by atoms with Crippen LogP contribution in [-0.2, 0) is 6.54 Å². The van der Waals surface area contributed by atoms with Crippen molar-refractivity contribution >= 4 is 21.6 Å². The Kier molecular flexibility index (Phi) is 5.80. The van der Waals surface area contributed by atoms with Crippen LogP contribution in [0.5, 0.6) is 0 Å². The van der Waals surface area contributed by atoms with E-state index >= 15 is 0 Å². The van der Waals surface area contributed by atoms with Crippen LogP contribution in [0.3, 0.4) is 0 Å². The molecule has 1 rings (SSSR count). The molecule has 1 aromatic rings. The van der Waals surface area contributed by atoms with Crippen LogP contribution < -0.4 is 5.73 Å². The Morgan fingerprint density at radius 1 is 1.44 bits per heavy atom. The fraction of sp³-hybridized carbons (Fsp3) is 0.500. The monoisotopic (exact) mass is 286 g/mol. The number of rotatable bonds is 6. The molecule has 0 atom stereocenters. The lowest BCUT2D eigenvalue weighted by Crippen LogP contribution is -2.24. The molecular weight excluding hydrogens is 268 g/mol. The van der Waals surface area contributed by atoms with Crippen LogP contribution in [-0.4, -0.2) is 29.7 Å². The third-order valence-electron chi connectivity index (χ3n) is 2.55. The van der Waals surface area contributed by atoms with Gasteiger partial charge in [-0.05, 0) is 46.6 Å². The van der Waals surface area contributed by atoms with Gasteiger partial charge in [0.05, 0.1) is 0 Å². The zero-order chi connectivity index (χ0) is 12.0. The summed E-state index contributed by atoms with van der Waals surface area (Å²) in [5, 5.41) is 8.80. The molecule has 0 saturated heterocycles. The Balaban J connectivity index is 2.59. The maximum absolute atomic E-state index is 8.80. The number of hydrogen-bond donors (Lipinski definition) is 2. The van der Waals surface area contributed by atoms with E-state index in [-0.39, 0.29) is 6.61 Å². The first-order chi connectivity index (χ1) is 7.67. The topological polar surface area (TPSA) is 49.5 Å². The van der Waals surface area contributed by atoms with Crippen LogP contribution in [0.15, 0.2) is 22.7 Å². The first-order valence-electron chi connectivity index (χ1n) is 5.54. The molecule has 3 N–H and O–H groups in total. The van der Waals surface area contributed by atoms with Crippen LogP contribution in [0.4, 0.5) is 5.69 Å². The standard InChI is InChI=1S/C12H19BrN2O/c1-2-15(6-3-7-16)9-10-4-5-11(13)12(14)8-10/h4-5,8,16H,2-3,6-7,9,14H2,1H3. The second-order valence-corrected chi connectivity index (χ2v) is 4.66. The lowest BCUT2D eigenvalue weighted by molar-refractivity contribution is 0.225. The summed E-state index contributed by atoms with van der Waals surface area (Å²) in [6, 6.07) is 6.04. The Morgan fingerprint density at radius 2 is 2.19 bits per heavy atom. The average Bonchev–Trinajstić information content (AvgIpc) is 2.29. The van der Waals surface area contributed by atoms with E-state index < -0.39 is 0 Å². The number of benzene rings is 1. The Hall–Kier alpha value is -0.580. The number of hydrogen-bond acceptors (Lipinski definition) is 3. The van der Waals surface area contributed by atoms with Gasteiger partial charge >= 0.3 is 0 Å². The Bertz CT molecular complexity index is 331. The number of halogens is 1. The predicted molar refractivity (Wildman–Crippen MR) is 71.2 cm³/mol. The minimum Gasteiger partial charge on any atom is -0.398 e. The lowest BCUT2D eigenvalue weighted by Gasteiger charge is -2.20. The second-order valence-electron chi connectivity index (χ2n) is 3.80. The highest BCUT2D eigenvalue weighted by Crippen LogP contribution is 2.20. The van der Waals surface area contributed by atoms with E-state index in [9.17, 15) is 0 Å². The second kappa shape index (κ2) is 6.89. The van der Waals surface area contributed by atoms with Crippen LogP contribution in [0, 0.1) is 0 Å². The first kappa shape index (κ1) is 13.5. The third-order valence-corrected chi connectivity index (χ3v) is 3.27. The smallest absolute Gasteiger partial charge is 0.0461 e. The van der Waals surface area contributed by atoms with Crippen molar-refractivity contribution in [1.29, 1.82) is 0 Å². The minimum absolute atomic E-state index is 0.249. The van der Waals surface area contributed by atoms with Gasteiger partial charge in [0.25, 0.3) is 0 Å². The fourth-order valence-electron chi connectivity index (χ4n) is 1.59. The fourth-order valence-corrected chi connectivity index (χ4v) is 1.84. The van der Waals surface area contributed by atoms with E-state index in [1.54, 1.807) is 0 Å². The van der Waals surface area contributed by atoms with E-state index in [1.807, 2.05) is 12.1 Å². The summed E-state index contributed by atoms with van der Waals surface area (Å²) >= 11 is 3.38. The summed E-state index contributed by atoms with van der Waals surface area (Å²) in [6.45, 7) is 5.16. The summed E-state index contributed by atoms with van der Waals surface area (Å²) in [7, 11) is 0. The van der Waals surface area contributed by atoms with Gasteiger partial charge in [0.1, 0.15) is 0 Å². The van der Waals surface area contributed by atoms with Crippen LogP contribution in [0.25, 0.3) is 0 Å². The zero-order valence-electron chi connectivity index (χ0n) is 9.62. The highest BCUT2D eigenvalue weighted by atomic mass is 79.9. The molecular formula is C12H19BrN2O. The number of nitrogens with two attached hydrogens (primary N) is 1. The van der Waals surface area contributed by atoms with Gasteiger partial charge in [-0.2, -0.15) is 0 Å². The van der Waals surface area contributed by atoms with Gasteiger partial charge in [-0.1, -0.05) is 13.0 Å². The normalized spacial score (nSPS) is 11.0. The molecule has 0 saturated carbocycles. The highest BCUT2D eigenvalue weighted by Gasteiger charge is 2.04. The van der Waals surface area contributed by atoms with Gasteiger partial charge in [-0.25, -0.2) is 0 Å². The molecule has 0 fully saturated rings. The maximum Gasteiger partial charge on any atom is 0.0461 e. The van der Waals surface area contributed by atoms with Crippen molar-refractivity contribution in [2.45, 2.75) is 19.9 Å². The molecule has 0 unspecified atom stereocenters. The first-order valence-corrected chi connectivity index (χ1v) is 6.33. The SMILES string of the molecule is CCN(CCCO)Cc1ccc(Br)c(N)c1. The van der Waals surface area contributed by atoms with Crippen LogP contribution >= 0.6 is 15.9 Å². The van der Waals surface area contributed by atoms with Crippen molar-refractivity contribution in [2.75, 3.05) is 25.4 Å². The molecule has 0 aliphatic heterocycles. The van der Waals surface area contributed by atoms with Gasteiger partial charge < -0.3 is 10.8 Å². The highest BCUT2D eigenvalue weighted by molar-refractivity contribution is 9.10. The van der Waals surface area contributed by atoms with E-state index in [4.69, 9.17) is 10.8 Å². The third kappa shape index (κ3) is 4.12. The number of aliphatic hydroxyl groups is 1. The zero-order valence-corrected chi connectivity index (χ0v) is 11.2. The molecule has 0 spiro atoms. The number of nitrogen functional groups attached to an aromatic ring is 1. The molecule has 0 aliphatic rings. The van der Waals surface area contributed by atoms with Crippen LogP contribution in [0.1, 0.15) is 18.9 Å². The summed E-state index contributed by atoms with van der Waals surface area (Å²) in [4.78, 5) is 2.29.